The smallest absolute Gasteiger partial charge is 0.326 e. The second-order valence-electron chi connectivity index (χ2n) is 14.3. The van der Waals surface area contributed by atoms with Gasteiger partial charge in [0.05, 0.1) is 25.3 Å². The molecule has 53 heavy (non-hydrogen) atoms. The van der Waals surface area contributed by atoms with Crippen molar-refractivity contribution < 1.29 is 53.7 Å². The summed E-state index contributed by atoms with van der Waals surface area (Å²) in [6.07, 6.45) is -1.02. The van der Waals surface area contributed by atoms with Gasteiger partial charge in [-0.2, -0.15) is 0 Å². The molecule has 2 aliphatic heterocycles. The van der Waals surface area contributed by atoms with Gasteiger partial charge in [0.25, 0.3) is 0 Å². The number of aliphatic hydroxyl groups is 2. The Bertz CT molecular complexity index is 1340. The highest BCUT2D eigenvalue weighted by Gasteiger charge is 2.44. The third-order valence-corrected chi connectivity index (χ3v) is 9.53. The summed E-state index contributed by atoms with van der Waals surface area (Å²) in [5.74, 6) is -6.68. The van der Waals surface area contributed by atoms with Crippen LogP contribution in [-0.2, 0) is 38.4 Å². The first-order valence-corrected chi connectivity index (χ1v) is 18.2. The highest BCUT2D eigenvalue weighted by molar-refractivity contribution is 5.98. The van der Waals surface area contributed by atoms with Gasteiger partial charge in [0.1, 0.15) is 36.3 Å². The molecule has 0 aromatic heterocycles. The van der Waals surface area contributed by atoms with Crippen LogP contribution in [0.3, 0.4) is 0 Å². The summed E-state index contributed by atoms with van der Waals surface area (Å²) in [5.41, 5.74) is 5.24. The Labute approximate surface area is 309 Å². The number of nitrogens with two attached hydrogens (primary N) is 1. The highest BCUT2D eigenvalue weighted by atomic mass is 16.4. The minimum atomic E-state index is -1.53. The SMILES string of the molecule is CC[C@H](C)[C@H](NC(=O)CNC(=O)CN)C(=O)N[C@H](C(=O)N1CCC[C@H]1C(=O)N[C@H](C(=O)N1CCC[C@H]1C(=O)N[C@@H](CC(C)C)C(=O)O)[C@@H](C)O)[C@@H](C)O. The Morgan fingerprint density at radius 1 is 0.717 bits per heavy atom. The van der Waals surface area contributed by atoms with Crippen LogP contribution in [0.2, 0.25) is 0 Å². The molecule has 0 aliphatic carbocycles. The average Bonchev–Trinajstić information content (AvgIpc) is 3.80. The molecule has 19 nitrogen and oxygen atoms in total. The molecule has 0 unspecified atom stereocenters. The van der Waals surface area contributed by atoms with Crippen molar-refractivity contribution in [3.05, 3.63) is 0 Å². The van der Waals surface area contributed by atoms with Crippen LogP contribution in [-0.4, -0.2) is 147 Å². The number of rotatable bonds is 19. The molecular weight excluding hydrogens is 696 g/mol. The van der Waals surface area contributed by atoms with Crippen molar-refractivity contribution in [3.8, 4) is 0 Å². The van der Waals surface area contributed by atoms with Crippen LogP contribution in [0.4, 0.5) is 0 Å². The van der Waals surface area contributed by atoms with E-state index in [0.717, 1.165) is 0 Å². The molecule has 19 heteroatoms. The Hall–Kier alpha value is -4.36. The van der Waals surface area contributed by atoms with Crippen molar-refractivity contribution in [2.45, 2.75) is 129 Å². The Balaban J connectivity index is 2.20. The Morgan fingerprint density at radius 3 is 1.64 bits per heavy atom. The normalized spacial score (nSPS) is 21.0. The molecular formula is C34H58N8O11. The highest BCUT2D eigenvalue weighted by Crippen LogP contribution is 2.23. The average molecular weight is 755 g/mol. The number of likely N-dealkylation sites (tertiary alicyclic amines) is 2. The number of amides is 7. The van der Waals surface area contributed by atoms with E-state index in [2.05, 4.69) is 26.6 Å². The van der Waals surface area contributed by atoms with Gasteiger partial charge in [-0.05, 0) is 57.8 Å². The predicted octanol–water partition coefficient (Wildman–Crippen LogP) is -3.08. The third kappa shape index (κ3) is 12.6. The Morgan fingerprint density at radius 2 is 1.21 bits per heavy atom. The fraction of sp³-hybridized carbons (Fsp3) is 0.765. The Kier molecular flexibility index (Phi) is 17.6. The van der Waals surface area contributed by atoms with Crippen LogP contribution in [0.25, 0.3) is 0 Å². The van der Waals surface area contributed by atoms with E-state index in [-0.39, 0.29) is 44.8 Å². The number of aliphatic hydroxyl groups excluding tert-OH is 2. The monoisotopic (exact) mass is 754 g/mol. The number of hydrogen-bond acceptors (Lipinski definition) is 11. The third-order valence-electron chi connectivity index (χ3n) is 9.53. The molecule has 0 bridgehead atoms. The van der Waals surface area contributed by atoms with Gasteiger partial charge in [-0.25, -0.2) is 4.79 Å². The summed E-state index contributed by atoms with van der Waals surface area (Å²) in [6, 6.07) is -7.52. The number of carboxylic acids is 1. The molecule has 2 saturated heterocycles. The number of nitrogens with zero attached hydrogens (tertiary/aromatic N) is 2. The van der Waals surface area contributed by atoms with Crippen LogP contribution in [0.5, 0.6) is 0 Å². The number of carboxylic acid groups (broad SMARTS) is 1. The maximum atomic E-state index is 13.8. The van der Waals surface area contributed by atoms with Crippen LogP contribution in [0.15, 0.2) is 0 Å². The number of carbonyl (C=O) groups excluding carboxylic acids is 7. The van der Waals surface area contributed by atoms with Gasteiger partial charge in [0.2, 0.25) is 41.4 Å². The minimum Gasteiger partial charge on any atom is -0.480 e. The topological polar surface area (TPSA) is 290 Å². The molecule has 10 N–H and O–H groups in total. The standard InChI is InChI=1S/C34H58N8O11/c1-7-18(4)26(38-25(46)16-36-24(45)15-35)31(49)40-28(20(6)44)33(51)42-13-9-11-23(42)30(48)39-27(19(5)43)32(50)41-12-8-10-22(41)29(47)37-21(34(52)53)14-17(2)3/h17-23,26-28,43-44H,7-16,35H2,1-6H3,(H,36,45)(H,37,47)(H,38,46)(H,39,48)(H,40,49)(H,52,53)/t18-,19+,20+,21-,22-,23-,26-,27-,28-/m0/s1. The van der Waals surface area contributed by atoms with E-state index in [1.165, 1.54) is 23.6 Å². The number of hydrogen-bond donors (Lipinski definition) is 9. The van der Waals surface area contributed by atoms with Gasteiger partial charge in [-0.3, -0.25) is 33.6 Å². The molecule has 0 aromatic rings. The molecule has 2 rings (SSSR count). The fourth-order valence-electron chi connectivity index (χ4n) is 6.37. The van der Waals surface area contributed by atoms with E-state index in [0.29, 0.717) is 19.3 Å². The van der Waals surface area contributed by atoms with Crippen molar-refractivity contribution in [2.75, 3.05) is 26.2 Å². The summed E-state index contributed by atoms with van der Waals surface area (Å²) < 4.78 is 0. The van der Waals surface area contributed by atoms with E-state index in [1.807, 2.05) is 13.8 Å². The zero-order chi connectivity index (χ0) is 40.2. The molecule has 300 valence electrons. The second-order valence-corrected chi connectivity index (χ2v) is 14.3. The minimum absolute atomic E-state index is 0.0282. The quantitative estimate of drug-likeness (QED) is 0.0635. The molecule has 9 atom stereocenters. The van der Waals surface area contributed by atoms with E-state index in [1.54, 1.807) is 13.8 Å². The first kappa shape index (κ1) is 44.8. The number of aliphatic carboxylic acids is 1. The van der Waals surface area contributed by atoms with Crippen molar-refractivity contribution in [3.63, 3.8) is 0 Å². The van der Waals surface area contributed by atoms with Crippen molar-refractivity contribution in [1.29, 1.82) is 0 Å². The van der Waals surface area contributed by atoms with Crippen LogP contribution >= 0.6 is 0 Å². The molecule has 0 saturated carbocycles. The second kappa shape index (κ2) is 20.8. The molecule has 0 spiro atoms. The van der Waals surface area contributed by atoms with E-state index >= 15 is 0 Å². The molecule has 0 radical (unpaired) electrons. The fourth-order valence-corrected chi connectivity index (χ4v) is 6.37. The van der Waals surface area contributed by atoms with Crippen molar-refractivity contribution in [1.82, 2.24) is 36.4 Å². The number of nitrogens with one attached hydrogen (secondary N) is 5. The molecule has 2 fully saturated rings. The summed E-state index contributed by atoms with van der Waals surface area (Å²) >= 11 is 0. The molecule has 0 aromatic carbocycles. The molecule has 2 aliphatic rings. The van der Waals surface area contributed by atoms with Gasteiger partial charge in [0.15, 0.2) is 0 Å². The lowest BCUT2D eigenvalue weighted by Crippen LogP contribution is -2.62. The summed E-state index contributed by atoms with van der Waals surface area (Å²) in [4.78, 5) is 106. The summed E-state index contributed by atoms with van der Waals surface area (Å²) in [5, 5.41) is 43.2. The summed E-state index contributed by atoms with van der Waals surface area (Å²) in [6.45, 7) is 9.09. The lowest BCUT2D eigenvalue weighted by molar-refractivity contribution is -0.148. The maximum absolute atomic E-state index is 13.8. The van der Waals surface area contributed by atoms with Crippen LogP contribution in [0.1, 0.15) is 80.1 Å². The van der Waals surface area contributed by atoms with Gasteiger partial charge >= 0.3 is 5.97 Å². The lowest BCUT2D eigenvalue weighted by atomic mass is 9.97. The largest absolute Gasteiger partial charge is 0.480 e. The van der Waals surface area contributed by atoms with E-state index in [9.17, 15) is 53.7 Å². The lowest BCUT2D eigenvalue weighted by Gasteiger charge is -2.34. The van der Waals surface area contributed by atoms with Gasteiger partial charge in [-0.1, -0.05) is 34.1 Å². The summed E-state index contributed by atoms with van der Waals surface area (Å²) in [7, 11) is 0. The van der Waals surface area contributed by atoms with Crippen molar-refractivity contribution in [2.24, 2.45) is 17.6 Å². The zero-order valence-corrected chi connectivity index (χ0v) is 31.4. The van der Waals surface area contributed by atoms with Crippen LogP contribution in [0, 0.1) is 11.8 Å². The first-order valence-electron chi connectivity index (χ1n) is 18.2. The maximum Gasteiger partial charge on any atom is 0.326 e. The van der Waals surface area contributed by atoms with Crippen molar-refractivity contribution >= 4 is 47.3 Å². The molecule has 2 heterocycles. The van der Waals surface area contributed by atoms with Gasteiger partial charge < -0.3 is 57.4 Å². The first-order chi connectivity index (χ1) is 24.8. The van der Waals surface area contributed by atoms with Crippen LogP contribution < -0.4 is 32.3 Å². The van der Waals surface area contributed by atoms with Gasteiger partial charge in [0, 0.05) is 13.1 Å². The predicted molar refractivity (Wildman–Crippen MR) is 189 cm³/mol. The number of carbonyl (C=O) groups is 8. The van der Waals surface area contributed by atoms with Gasteiger partial charge in [-0.15, -0.1) is 0 Å². The van der Waals surface area contributed by atoms with E-state index < -0.39 is 108 Å². The zero-order valence-electron chi connectivity index (χ0n) is 31.4. The van der Waals surface area contributed by atoms with E-state index in [4.69, 9.17) is 5.73 Å². The molecule has 7 amide bonds.